The van der Waals surface area contributed by atoms with Gasteiger partial charge in [-0.2, -0.15) is 9.40 Å². The first kappa shape index (κ1) is 23.0. The second-order valence-corrected chi connectivity index (χ2v) is 10.5. The van der Waals surface area contributed by atoms with E-state index in [1.54, 1.807) is 41.3 Å². The fraction of sp³-hybridized carbons (Fsp3) is 0.217. The smallest absolute Gasteiger partial charge is 0.270 e. The summed E-state index contributed by atoms with van der Waals surface area (Å²) in [5.41, 5.74) is 1.63. The quantitative estimate of drug-likeness (QED) is 0.385. The molecule has 33 heavy (non-hydrogen) atoms. The highest BCUT2D eigenvalue weighted by Crippen LogP contribution is 2.26. The van der Waals surface area contributed by atoms with Gasteiger partial charge in [0, 0.05) is 24.0 Å². The van der Waals surface area contributed by atoms with Crippen LogP contribution >= 0.6 is 11.3 Å². The molecule has 1 aromatic carbocycles. The lowest BCUT2D eigenvalue weighted by Crippen LogP contribution is -2.30. The molecule has 0 aliphatic carbocycles. The van der Waals surface area contributed by atoms with Crippen molar-refractivity contribution in [3.8, 4) is 17.1 Å². The molecule has 3 aromatic heterocycles. The number of rotatable bonds is 9. The number of hydrogen-bond donors (Lipinski definition) is 1. The molecular weight excluding hydrogens is 460 g/mol. The fourth-order valence-corrected chi connectivity index (χ4v) is 6.30. The van der Waals surface area contributed by atoms with Crippen LogP contribution in [0.15, 0.2) is 75.6 Å². The van der Waals surface area contributed by atoms with Crippen LogP contribution in [0.4, 0.5) is 0 Å². The summed E-state index contributed by atoms with van der Waals surface area (Å²) in [6, 6.07) is 17.9. The number of carbonyl (C=O) groups is 1. The SMILES string of the molecule is CCN(CC)S(=O)(=O)c1ccc(CNC(=O)c2cc(-c3ccco3)nn2-c2ccccc2)s1. The average molecular weight is 485 g/mol. The Hall–Kier alpha value is -3.21. The maximum atomic E-state index is 13.1. The predicted molar refractivity (Wildman–Crippen MR) is 127 cm³/mol. The molecule has 4 rings (SSSR count). The number of sulfonamides is 1. The highest BCUT2D eigenvalue weighted by Gasteiger charge is 2.24. The van der Waals surface area contributed by atoms with Crippen LogP contribution in [0.25, 0.3) is 17.1 Å². The van der Waals surface area contributed by atoms with Gasteiger partial charge in [-0.15, -0.1) is 11.3 Å². The number of nitrogens with one attached hydrogen (secondary N) is 1. The Labute approximate surface area is 196 Å². The van der Waals surface area contributed by atoms with E-state index < -0.39 is 10.0 Å². The van der Waals surface area contributed by atoms with Crippen molar-refractivity contribution in [1.82, 2.24) is 19.4 Å². The monoisotopic (exact) mass is 484 g/mol. The molecule has 0 aliphatic heterocycles. The van der Waals surface area contributed by atoms with E-state index in [9.17, 15) is 13.2 Å². The van der Waals surface area contributed by atoms with Gasteiger partial charge in [0.25, 0.3) is 15.9 Å². The Morgan fingerprint density at radius 1 is 1.09 bits per heavy atom. The van der Waals surface area contributed by atoms with Gasteiger partial charge >= 0.3 is 0 Å². The Morgan fingerprint density at radius 2 is 1.85 bits per heavy atom. The molecule has 0 aliphatic rings. The van der Waals surface area contributed by atoms with Crippen molar-refractivity contribution in [3.63, 3.8) is 0 Å². The van der Waals surface area contributed by atoms with Crippen molar-refractivity contribution in [2.75, 3.05) is 13.1 Å². The summed E-state index contributed by atoms with van der Waals surface area (Å²) in [5, 5.41) is 7.43. The van der Waals surface area contributed by atoms with Crippen molar-refractivity contribution in [1.29, 1.82) is 0 Å². The van der Waals surface area contributed by atoms with Gasteiger partial charge in [-0.05, 0) is 36.4 Å². The molecule has 0 bridgehead atoms. The second-order valence-electron chi connectivity index (χ2n) is 7.13. The van der Waals surface area contributed by atoms with E-state index in [-0.39, 0.29) is 16.7 Å². The third-order valence-corrected chi connectivity index (χ3v) is 8.68. The molecule has 3 heterocycles. The summed E-state index contributed by atoms with van der Waals surface area (Å²) in [6.07, 6.45) is 1.55. The lowest BCUT2D eigenvalue weighted by atomic mass is 10.2. The summed E-state index contributed by atoms with van der Waals surface area (Å²) in [6.45, 7) is 4.63. The number of aromatic nitrogens is 2. The van der Waals surface area contributed by atoms with Crippen LogP contribution in [-0.2, 0) is 16.6 Å². The van der Waals surface area contributed by atoms with Gasteiger partial charge in [0.05, 0.1) is 18.5 Å². The first-order valence-corrected chi connectivity index (χ1v) is 12.8. The molecule has 0 fully saturated rings. The van der Waals surface area contributed by atoms with Gasteiger partial charge in [-0.25, -0.2) is 13.1 Å². The molecule has 0 saturated carbocycles. The number of thiophene rings is 1. The largest absolute Gasteiger partial charge is 0.463 e. The minimum Gasteiger partial charge on any atom is -0.463 e. The number of carbonyl (C=O) groups excluding carboxylic acids is 1. The van der Waals surface area contributed by atoms with E-state index in [1.807, 2.05) is 44.2 Å². The first-order chi connectivity index (χ1) is 15.9. The normalized spacial score (nSPS) is 11.7. The first-order valence-electron chi connectivity index (χ1n) is 10.5. The molecule has 0 saturated heterocycles. The molecular formula is C23H24N4O4S2. The number of furan rings is 1. The molecule has 0 radical (unpaired) electrons. The van der Waals surface area contributed by atoms with Crippen molar-refractivity contribution in [2.24, 2.45) is 0 Å². The third kappa shape index (κ3) is 4.77. The van der Waals surface area contributed by atoms with Crippen LogP contribution in [0.5, 0.6) is 0 Å². The zero-order chi connectivity index (χ0) is 23.4. The standard InChI is InChI=1S/C23H24N4O4S2/c1-3-26(4-2)33(29,30)22-13-12-18(32-22)16-24-23(28)20-15-19(21-11-8-14-31-21)25-27(20)17-9-6-5-7-10-17/h5-15H,3-4,16H2,1-2H3,(H,24,28). The molecule has 8 nitrogen and oxygen atoms in total. The number of nitrogens with zero attached hydrogens (tertiary/aromatic N) is 3. The van der Waals surface area contributed by atoms with E-state index in [4.69, 9.17) is 4.42 Å². The van der Waals surface area contributed by atoms with Crippen LogP contribution < -0.4 is 5.32 Å². The molecule has 0 atom stereocenters. The fourth-order valence-electron chi connectivity index (χ4n) is 3.39. The maximum Gasteiger partial charge on any atom is 0.270 e. The Balaban J connectivity index is 1.55. The van der Waals surface area contributed by atoms with Crippen LogP contribution in [0, 0.1) is 0 Å². The van der Waals surface area contributed by atoms with Crippen molar-refractivity contribution in [3.05, 3.63) is 77.5 Å². The molecule has 0 spiro atoms. The van der Waals surface area contributed by atoms with Gasteiger partial charge < -0.3 is 9.73 Å². The summed E-state index contributed by atoms with van der Waals surface area (Å²) in [4.78, 5) is 13.8. The van der Waals surface area contributed by atoms with Crippen LogP contribution in [0.3, 0.4) is 0 Å². The number of para-hydroxylation sites is 1. The van der Waals surface area contributed by atoms with Crippen molar-refractivity contribution in [2.45, 2.75) is 24.6 Å². The highest BCUT2D eigenvalue weighted by atomic mass is 32.2. The summed E-state index contributed by atoms with van der Waals surface area (Å²) >= 11 is 1.16. The lowest BCUT2D eigenvalue weighted by Gasteiger charge is -2.16. The minimum absolute atomic E-state index is 0.202. The summed E-state index contributed by atoms with van der Waals surface area (Å²) < 4.78 is 34.1. The van der Waals surface area contributed by atoms with Gasteiger partial charge in [0.1, 0.15) is 15.6 Å². The molecule has 4 aromatic rings. The number of hydrogen-bond acceptors (Lipinski definition) is 6. The van der Waals surface area contributed by atoms with Gasteiger partial charge in [0.2, 0.25) is 0 Å². The van der Waals surface area contributed by atoms with Gasteiger partial charge in [0.15, 0.2) is 5.76 Å². The van der Waals surface area contributed by atoms with E-state index >= 15 is 0 Å². The zero-order valence-electron chi connectivity index (χ0n) is 18.3. The minimum atomic E-state index is -3.52. The Kier molecular flexibility index (Phi) is 6.77. The molecule has 10 heteroatoms. The Morgan fingerprint density at radius 3 is 2.52 bits per heavy atom. The third-order valence-electron chi connectivity index (χ3n) is 5.08. The number of benzene rings is 1. The molecule has 172 valence electrons. The topological polar surface area (TPSA) is 97.4 Å². The molecule has 1 N–H and O–H groups in total. The van der Waals surface area contributed by atoms with E-state index in [0.717, 1.165) is 21.9 Å². The average Bonchev–Trinajstić information content (AvgIpc) is 3.59. The van der Waals surface area contributed by atoms with Crippen molar-refractivity contribution >= 4 is 27.3 Å². The van der Waals surface area contributed by atoms with E-state index in [2.05, 4.69) is 10.4 Å². The molecule has 0 unspecified atom stereocenters. The Bertz CT molecular complexity index is 1320. The lowest BCUT2D eigenvalue weighted by molar-refractivity contribution is 0.0943. The van der Waals surface area contributed by atoms with E-state index in [0.29, 0.717) is 30.2 Å². The maximum absolute atomic E-state index is 13.1. The molecule has 1 amide bonds. The predicted octanol–water partition coefficient (Wildman–Crippen LogP) is 4.15. The second kappa shape index (κ2) is 9.74. The van der Waals surface area contributed by atoms with Gasteiger partial charge in [-0.3, -0.25) is 4.79 Å². The summed E-state index contributed by atoms with van der Waals surface area (Å²) in [7, 11) is -3.52. The van der Waals surface area contributed by atoms with Crippen molar-refractivity contribution < 1.29 is 17.6 Å². The van der Waals surface area contributed by atoms with Crippen LogP contribution in [0.1, 0.15) is 29.2 Å². The van der Waals surface area contributed by atoms with Crippen LogP contribution in [0.2, 0.25) is 0 Å². The number of amides is 1. The van der Waals surface area contributed by atoms with E-state index in [1.165, 1.54) is 4.31 Å². The zero-order valence-corrected chi connectivity index (χ0v) is 19.9. The highest BCUT2D eigenvalue weighted by molar-refractivity contribution is 7.91. The van der Waals surface area contributed by atoms with Crippen LogP contribution in [-0.4, -0.2) is 41.5 Å². The van der Waals surface area contributed by atoms with Gasteiger partial charge in [-0.1, -0.05) is 32.0 Å². The summed E-state index contributed by atoms with van der Waals surface area (Å²) in [5.74, 6) is 0.231.